The van der Waals surface area contributed by atoms with Crippen molar-refractivity contribution in [2.24, 2.45) is 0 Å². The Bertz CT molecular complexity index is 844. The van der Waals surface area contributed by atoms with Crippen LogP contribution in [0.4, 0.5) is 0 Å². The molecule has 3 rings (SSSR count). The molecule has 1 heterocycles. The van der Waals surface area contributed by atoms with Crippen LogP contribution in [0.2, 0.25) is 5.02 Å². The van der Waals surface area contributed by atoms with Crippen molar-refractivity contribution in [1.29, 1.82) is 0 Å². The van der Waals surface area contributed by atoms with Crippen molar-refractivity contribution in [3.8, 4) is 5.75 Å². The zero-order valence-corrected chi connectivity index (χ0v) is 19.5. The first-order valence-electron chi connectivity index (χ1n) is 10.8. The van der Waals surface area contributed by atoms with Gasteiger partial charge in [0.25, 0.3) is 0 Å². The number of hydrogen-bond donors (Lipinski definition) is 6. The van der Waals surface area contributed by atoms with Crippen LogP contribution in [0, 0.1) is 0 Å². The molecule has 6 N–H and O–H groups in total. The summed E-state index contributed by atoms with van der Waals surface area (Å²) >= 11 is 6.35. The van der Waals surface area contributed by atoms with E-state index in [9.17, 15) is 20.4 Å². The molecule has 0 amide bonds. The van der Waals surface area contributed by atoms with Gasteiger partial charge in [-0.15, -0.1) is 0 Å². The number of halogens is 1. The molecule has 0 spiro atoms. The summed E-state index contributed by atoms with van der Waals surface area (Å²) in [6.07, 6.45) is -5.95. The van der Waals surface area contributed by atoms with Crippen molar-refractivity contribution in [2.45, 2.75) is 71.7 Å². The third-order valence-electron chi connectivity index (χ3n) is 5.18. The van der Waals surface area contributed by atoms with Crippen LogP contribution >= 0.6 is 11.6 Å². The van der Waals surface area contributed by atoms with Gasteiger partial charge in [0, 0.05) is 5.02 Å². The summed E-state index contributed by atoms with van der Waals surface area (Å²) in [6.45, 7) is 3.46. The Kier molecular flexibility index (Phi) is 15.3. The van der Waals surface area contributed by atoms with Gasteiger partial charge in [0.05, 0.1) is 25.9 Å². The predicted octanol–water partition coefficient (Wildman–Crippen LogP) is 2.48. The molecule has 1 aliphatic rings. The summed E-state index contributed by atoms with van der Waals surface area (Å²) in [4.78, 5) is 0. The minimum absolute atomic E-state index is 0. The molecule has 1 fully saturated rings. The Labute approximate surface area is 213 Å². The van der Waals surface area contributed by atoms with Crippen molar-refractivity contribution in [1.82, 2.24) is 0 Å². The molecule has 1 aliphatic heterocycles. The maximum Gasteiger partial charge on any atom is 0.119 e. The van der Waals surface area contributed by atoms with Crippen molar-refractivity contribution in [2.75, 3.05) is 19.8 Å². The fraction of sp³-hybridized carbons (Fsp3) is 0.538. The lowest BCUT2D eigenvalue weighted by Gasteiger charge is -2.40. The minimum Gasteiger partial charge on any atom is -0.494 e. The monoisotopic (exact) mass is 516 g/mol. The molecule has 2 aromatic rings. The van der Waals surface area contributed by atoms with Crippen LogP contribution in [0.1, 0.15) is 51.5 Å². The predicted molar refractivity (Wildman–Crippen MR) is 137 cm³/mol. The van der Waals surface area contributed by atoms with E-state index in [1.54, 1.807) is 12.1 Å². The van der Waals surface area contributed by atoms with Gasteiger partial charge in [-0.05, 0) is 55.2 Å². The molecule has 9 heteroatoms. The topological polar surface area (TPSA) is 140 Å². The van der Waals surface area contributed by atoms with Gasteiger partial charge in [-0.3, -0.25) is 0 Å². The molecular weight excluding hydrogens is 476 g/mol. The normalized spacial score (nSPS) is 24.2. The Morgan fingerprint density at radius 2 is 1.57 bits per heavy atom. The van der Waals surface area contributed by atoms with Gasteiger partial charge >= 0.3 is 0 Å². The van der Waals surface area contributed by atoms with E-state index in [2.05, 4.69) is 0 Å². The second kappa shape index (κ2) is 16.1. The number of benzene rings is 2. The summed E-state index contributed by atoms with van der Waals surface area (Å²) in [5.74, 6) is 0.799. The summed E-state index contributed by atoms with van der Waals surface area (Å²) in [6, 6.07) is 12.9. The summed E-state index contributed by atoms with van der Waals surface area (Å²) < 4.78 is 11.1. The lowest BCUT2D eigenvalue weighted by Crippen LogP contribution is -2.55. The van der Waals surface area contributed by atoms with Crippen LogP contribution in [-0.2, 0) is 11.2 Å². The van der Waals surface area contributed by atoms with Crippen LogP contribution in [-0.4, -0.2) is 81.0 Å². The first-order valence-corrected chi connectivity index (χ1v) is 11.2. The molecule has 8 nitrogen and oxygen atoms in total. The zero-order chi connectivity index (χ0) is 24.5. The van der Waals surface area contributed by atoms with E-state index in [1.807, 2.05) is 37.3 Å². The average molecular weight is 517 g/mol. The number of hydrogen-bond acceptors (Lipinski definition) is 8. The second-order valence-corrected chi connectivity index (χ2v) is 8.29. The molecule has 0 aliphatic carbocycles. The van der Waals surface area contributed by atoms with Gasteiger partial charge in [-0.2, -0.15) is 0 Å². The van der Waals surface area contributed by atoms with Crippen LogP contribution in [0.25, 0.3) is 0 Å². The minimum atomic E-state index is -1.42. The molecule has 200 valence electrons. The van der Waals surface area contributed by atoms with Crippen molar-refractivity contribution >= 4 is 11.6 Å². The van der Waals surface area contributed by atoms with Crippen LogP contribution < -0.4 is 4.74 Å². The molecule has 35 heavy (non-hydrogen) atoms. The van der Waals surface area contributed by atoms with E-state index in [4.69, 9.17) is 31.3 Å². The van der Waals surface area contributed by atoms with E-state index in [-0.39, 0.29) is 21.5 Å². The van der Waals surface area contributed by atoms with E-state index in [0.717, 1.165) is 16.9 Å². The standard InChI is InChI=1S/C21H25ClO6.C3H8O2.2CH4/c1-2-27-15-6-3-12(4-7-15)9-14-10-13(5-8-16(14)22)21-20(26)19(25)18(24)17(11-23)28-21;1-3(5)2-4;;/h3-8,10,17-21,23-26H,2,9,11H2,1H3;3-5H,2H2,1H3;2*1H4/t17-,18-,19+,20-,21+;3-;;/m10../s1. The molecule has 0 bridgehead atoms. The molecule has 0 radical (unpaired) electrons. The first kappa shape index (κ1) is 33.2. The van der Waals surface area contributed by atoms with Gasteiger partial charge in [0.15, 0.2) is 0 Å². The SMILES string of the molecule is C.C.CCOc1ccc(Cc2cc([C@@H]3O[C@H](CO)[C@@H](O)[C@H](O)[C@H]3O)ccc2Cl)cc1.C[C@H](O)CO. The Balaban J connectivity index is 0.00000150. The first-order chi connectivity index (χ1) is 15.7. The Morgan fingerprint density at radius 1 is 0.971 bits per heavy atom. The highest BCUT2D eigenvalue weighted by Gasteiger charge is 2.44. The number of rotatable bonds is 7. The van der Waals surface area contributed by atoms with Gasteiger partial charge < -0.3 is 40.1 Å². The molecule has 0 unspecified atom stereocenters. The van der Waals surface area contributed by atoms with Crippen LogP contribution in [0.15, 0.2) is 42.5 Å². The van der Waals surface area contributed by atoms with E-state index in [0.29, 0.717) is 23.6 Å². The highest BCUT2D eigenvalue weighted by molar-refractivity contribution is 6.31. The fourth-order valence-corrected chi connectivity index (χ4v) is 3.56. The highest BCUT2D eigenvalue weighted by Crippen LogP contribution is 2.34. The Morgan fingerprint density at radius 3 is 2.09 bits per heavy atom. The van der Waals surface area contributed by atoms with Crippen molar-refractivity contribution in [3.63, 3.8) is 0 Å². The van der Waals surface area contributed by atoms with Crippen LogP contribution in [0.3, 0.4) is 0 Å². The quantitative estimate of drug-likeness (QED) is 0.330. The fourth-order valence-electron chi connectivity index (χ4n) is 3.37. The number of aliphatic hydroxyl groups excluding tert-OH is 6. The van der Waals surface area contributed by atoms with Gasteiger partial charge in [-0.1, -0.05) is 50.7 Å². The largest absolute Gasteiger partial charge is 0.494 e. The van der Waals surface area contributed by atoms with Gasteiger partial charge in [-0.25, -0.2) is 0 Å². The van der Waals surface area contributed by atoms with Gasteiger partial charge in [0.1, 0.15) is 36.3 Å². The summed E-state index contributed by atoms with van der Waals surface area (Å²) in [5, 5.41) is 56.3. The lowest BCUT2D eigenvalue weighted by atomic mass is 9.90. The molecule has 0 saturated carbocycles. The third kappa shape index (κ3) is 9.33. The van der Waals surface area contributed by atoms with Crippen molar-refractivity contribution in [3.05, 3.63) is 64.2 Å². The Hall–Kier alpha value is -1.75. The number of ether oxygens (including phenoxy) is 2. The molecule has 1 saturated heterocycles. The molecule has 6 atom stereocenters. The summed E-state index contributed by atoms with van der Waals surface area (Å²) in [5.41, 5.74) is 2.49. The third-order valence-corrected chi connectivity index (χ3v) is 5.55. The maximum absolute atomic E-state index is 10.3. The van der Waals surface area contributed by atoms with E-state index >= 15 is 0 Å². The van der Waals surface area contributed by atoms with Crippen molar-refractivity contribution < 1.29 is 40.1 Å². The molecule has 0 aromatic heterocycles. The lowest BCUT2D eigenvalue weighted by molar-refractivity contribution is -0.231. The van der Waals surface area contributed by atoms with E-state index < -0.39 is 43.2 Å². The smallest absolute Gasteiger partial charge is 0.119 e. The zero-order valence-electron chi connectivity index (χ0n) is 18.7. The van der Waals surface area contributed by atoms with Gasteiger partial charge in [0.2, 0.25) is 0 Å². The average Bonchev–Trinajstić information content (AvgIpc) is 2.81. The van der Waals surface area contributed by atoms with Crippen LogP contribution in [0.5, 0.6) is 5.75 Å². The maximum atomic E-state index is 10.3. The second-order valence-electron chi connectivity index (χ2n) is 7.89. The number of aliphatic hydroxyl groups is 6. The molecule has 2 aromatic carbocycles. The molecular formula is C26H41ClO8. The van der Waals surface area contributed by atoms with E-state index in [1.165, 1.54) is 6.92 Å². The summed E-state index contributed by atoms with van der Waals surface area (Å²) in [7, 11) is 0. The highest BCUT2D eigenvalue weighted by atomic mass is 35.5.